The first-order valence-electron chi connectivity index (χ1n) is 7.18. The summed E-state index contributed by atoms with van der Waals surface area (Å²) >= 11 is 0. The molecule has 0 unspecified atom stereocenters. The van der Waals surface area contributed by atoms with Gasteiger partial charge in [0.1, 0.15) is 5.78 Å². The lowest BCUT2D eigenvalue weighted by Gasteiger charge is -2.18. The zero-order chi connectivity index (χ0) is 14.8. The van der Waals surface area contributed by atoms with Crippen molar-refractivity contribution in [1.82, 2.24) is 10.6 Å². The summed E-state index contributed by atoms with van der Waals surface area (Å²) in [5.41, 5.74) is 1.13. The molecule has 1 aromatic carbocycles. The Balaban J connectivity index is 2.54. The van der Waals surface area contributed by atoms with Crippen LogP contribution in [-0.4, -0.2) is 30.8 Å². The van der Waals surface area contributed by atoms with E-state index in [0.717, 1.165) is 18.5 Å². The fraction of sp³-hybridized carbons (Fsp3) is 0.500. The predicted molar refractivity (Wildman–Crippen MR) is 80.5 cm³/mol. The van der Waals surface area contributed by atoms with E-state index in [1.165, 1.54) is 6.92 Å². The van der Waals surface area contributed by atoms with Crippen molar-refractivity contribution in [2.45, 2.75) is 39.2 Å². The number of hydrogen-bond donors (Lipinski definition) is 2. The van der Waals surface area contributed by atoms with Crippen LogP contribution in [0.25, 0.3) is 0 Å². The molecular formula is C16H24N2O2. The molecule has 0 bridgehead atoms. The SMILES string of the molecule is CCCN[C@@H](Cc1ccccc1)C(=O)NCCC(C)=O. The van der Waals surface area contributed by atoms with Gasteiger partial charge in [-0.05, 0) is 31.9 Å². The Bertz CT molecular complexity index is 418. The Morgan fingerprint density at radius 3 is 2.45 bits per heavy atom. The summed E-state index contributed by atoms with van der Waals surface area (Å²) in [5, 5.41) is 6.08. The number of rotatable bonds is 9. The average Bonchev–Trinajstić information content (AvgIpc) is 2.44. The normalized spacial score (nSPS) is 11.9. The van der Waals surface area contributed by atoms with Crippen molar-refractivity contribution in [3.8, 4) is 0 Å². The Hall–Kier alpha value is -1.68. The van der Waals surface area contributed by atoms with Gasteiger partial charge in [-0.2, -0.15) is 0 Å². The third-order valence-electron chi connectivity index (χ3n) is 3.02. The van der Waals surface area contributed by atoms with E-state index in [2.05, 4.69) is 17.6 Å². The lowest BCUT2D eigenvalue weighted by molar-refractivity contribution is -0.123. The van der Waals surface area contributed by atoms with Crippen molar-refractivity contribution >= 4 is 11.7 Å². The number of nitrogens with one attached hydrogen (secondary N) is 2. The molecule has 0 saturated carbocycles. The molecule has 1 rings (SSSR count). The van der Waals surface area contributed by atoms with Crippen LogP contribution in [0.1, 0.15) is 32.3 Å². The predicted octanol–water partition coefficient (Wildman–Crippen LogP) is 1.69. The van der Waals surface area contributed by atoms with Crippen LogP contribution in [0, 0.1) is 0 Å². The first-order valence-corrected chi connectivity index (χ1v) is 7.18. The van der Waals surface area contributed by atoms with Crippen molar-refractivity contribution in [3.63, 3.8) is 0 Å². The topological polar surface area (TPSA) is 58.2 Å². The van der Waals surface area contributed by atoms with Gasteiger partial charge in [0.25, 0.3) is 0 Å². The van der Waals surface area contributed by atoms with Crippen LogP contribution in [0.3, 0.4) is 0 Å². The van der Waals surface area contributed by atoms with Crippen molar-refractivity contribution in [2.75, 3.05) is 13.1 Å². The Labute approximate surface area is 121 Å². The monoisotopic (exact) mass is 276 g/mol. The molecule has 1 aromatic rings. The lowest BCUT2D eigenvalue weighted by Crippen LogP contribution is -2.46. The standard InChI is InChI=1S/C16H24N2O2/c1-3-10-17-15(12-14-7-5-4-6-8-14)16(20)18-11-9-13(2)19/h4-8,15,17H,3,9-12H2,1-2H3,(H,18,20)/t15-/m0/s1. The van der Waals surface area contributed by atoms with Crippen molar-refractivity contribution in [1.29, 1.82) is 0 Å². The minimum Gasteiger partial charge on any atom is -0.354 e. The van der Waals surface area contributed by atoms with Gasteiger partial charge in [-0.1, -0.05) is 37.3 Å². The number of amides is 1. The smallest absolute Gasteiger partial charge is 0.237 e. The molecule has 1 amide bonds. The van der Waals surface area contributed by atoms with E-state index in [9.17, 15) is 9.59 Å². The molecule has 0 radical (unpaired) electrons. The van der Waals surface area contributed by atoms with Gasteiger partial charge in [0, 0.05) is 13.0 Å². The maximum Gasteiger partial charge on any atom is 0.237 e. The van der Waals surface area contributed by atoms with Crippen molar-refractivity contribution in [3.05, 3.63) is 35.9 Å². The van der Waals surface area contributed by atoms with Gasteiger partial charge in [0.15, 0.2) is 0 Å². The van der Waals surface area contributed by atoms with E-state index in [0.29, 0.717) is 19.4 Å². The van der Waals surface area contributed by atoms with E-state index >= 15 is 0 Å². The van der Waals surface area contributed by atoms with Crippen LogP contribution < -0.4 is 10.6 Å². The molecule has 0 aliphatic rings. The number of benzene rings is 1. The molecule has 0 aromatic heterocycles. The van der Waals surface area contributed by atoms with E-state index in [-0.39, 0.29) is 17.7 Å². The molecule has 1 atom stereocenters. The van der Waals surface area contributed by atoms with E-state index in [4.69, 9.17) is 0 Å². The van der Waals surface area contributed by atoms with Gasteiger partial charge in [-0.25, -0.2) is 0 Å². The third-order valence-corrected chi connectivity index (χ3v) is 3.02. The van der Waals surface area contributed by atoms with Gasteiger partial charge >= 0.3 is 0 Å². The molecule has 0 fully saturated rings. The Morgan fingerprint density at radius 1 is 1.15 bits per heavy atom. The minimum absolute atomic E-state index is 0.0384. The zero-order valence-corrected chi connectivity index (χ0v) is 12.3. The van der Waals surface area contributed by atoms with Crippen LogP contribution in [0.5, 0.6) is 0 Å². The summed E-state index contributed by atoms with van der Waals surface area (Å²) in [7, 11) is 0. The summed E-state index contributed by atoms with van der Waals surface area (Å²) in [6, 6.07) is 9.70. The third kappa shape index (κ3) is 6.48. The molecule has 0 aliphatic heterocycles. The second kappa shape index (κ2) is 9.26. The van der Waals surface area contributed by atoms with Gasteiger partial charge in [0.2, 0.25) is 5.91 Å². The minimum atomic E-state index is -0.246. The highest BCUT2D eigenvalue weighted by Crippen LogP contribution is 2.03. The van der Waals surface area contributed by atoms with Gasteiger partial charge in [0.05, 0.1) is 6.04 Å². The summed E-state index contributed by atoms with van der Waals surface area (Å²) in [6.07, 6.45) is 2.02. The zero-order valence-electron chi connectivity index (χ0n) is 12.3. The average molecular weight is 276 g/mol. The fourth-order valence-electron chi connectivity index (χ4n) is 1.91. The highest BCUT2D eigenvalue weighted by molar-refractivity contribution is 5.83. The summed E-state index contributed by atoms with van der Waals surface area (Å²) in [5.74, 6) is 0.0509. The molecule has 0 heterocycles. The quantitative estimate of drug-likeness (QED) is 0.721. The molecule has 0 spiro atoms. The van der Waals surface area contributed by atoms with E-state index < -0.39 is 0 Å². The van der Waals surface area contributed by atoms with Crippen molar-refractivity contribution < 1.29 is 9.59 Å². The highest BCUT2D eigenvalue weighted by Gasteiger charge is 2.17. The van der Waals surface area contributed by atoms with Gasteiger partial charge < -0.3 is 10.6 Å². The second-order valence-corrected chi connectivity index (χ2v) is 4.94. The highest BCUT2D eigenvalue weighted by atomic mass is 16.2. The van der Waals surface area contributed by atoms with Gasteiger partial charge in [-0.3, -0.25) is 9.59 Å². The Morgan fingerprint density at radius 2 is 1.85 bits per heavy atom. The maximum atomic E-state index is 12.2. The summed E-state index contributed by atoms with van der Waals surface area (Å²) in [4.78, 5) is 23.0. The molecule has 110 valence electrons. The fourth-order valence-corrected chi connectivity index (χ4v) is 1.91. The molecule has 2 N–H and O–H groups in total. The molecule has 20 heavy (non-hydrogen) atoms. The largest absolute Gasteiger partial charge is 0.354 e. The number of ketones is 1. The maximum absolute atomic E-state index is 12.2. The van der Waals surface area contributed by atoms with Crippen molar-refractivity contribution in [2.24, 2.45) is 0 Å². The number of Topliss-reactive ketones (excluding diaryl/α,β-unsaturated/α-hetero) is 1. The van der Waals surface area contributed by atoms with Gasteiger partial charge in [-0.15, -0.1) is 0 Å². The van der Waals surface area contributed by atoms with E-state index in [1.807, 2.05) is 30.3 Å². The number of carbonyl (C=O) groups excluding carboxylic acids is 2. The van der Waals surface area contributed by atoms with Crippen LogP contribution in [0.15, 0.2) is 30.3 Å². The first kappa shape index (κ1) is 16.4. The van der Waals surface area contributed by atoms with Crippen LogP contribution >= 0.6 is 0 Å². The van der Waals surface area contributed by atoms with Crippen LogP contribution in [0.4, 0.5) is 0 Å². The summed E-state index contributed by atoms with van der Waals surface area (Å²) in [6.45, 7) is 4.81. The molecular weight excluding hydrogens is 252 g/mol. The van der Waals surface area contributed by atoms with E-state index in [1.54, 1.807) is 0 Å². The molecule has 4 nitrogen and oxygen atoms in total. The molecule has 0 saturated heterocycles. The lowest BCUT2D eigenvalue weighted by atomic mass is 10.1. The second-order valence-electron chi connectivity index (χ2n) is 4.94. The summed E-state index contributed by atoms with van der Waals surface area (Å²) < 4.78 is 0. The van der Waals surface area contributed by atoms with Crippen LogP contribution in [0.2, 0.25) is 0 Å². The first-order chi connectivity index (χ1) is 9.63. The Kier molecular flexibility index (Phi) is 7.58. The van der Waals surface area contributed by atoms with Crippen LogP contribution in [-0.2, 0) is 16.0 Å². The molecule has 0 aliphatic carbocycles. The molecule has 4 heteroatoms. The number of hydrogen-bond acceptors (Lipinski definition) is 3. The number of carbonyl (C=O) groups is 2.